The fraction of sp³-hybridized carbons (Fsp3) is 0.308. The van der Waals surface area contributed by atoms with Crippen molar-refractivity contribution in [2.24, 2.45) is 5.73 Å². The van der Waals surface area contributed by atoms with Crippen molar-refractivity contribution in [3.05, 3.63) is 65.5 Å². The number of halogens is 2. The van der Waals surface area contributed by atoms with E-state index < -0.39 is 23.6 Å². The molecule has 192 valence electrons. The molecule has 1 fully saturated rings. The zero-order valence-electron chi connectivity index (χ0n) is 20.3. The molecule has 11 heteroatoms. The standard InChI is InChI=1S/C26H26F2N6O3/c1-2-37-26(36)34-20-5-3-4-17(24(29)35)21(20)22-23(34)25(31-15-30-22)33-12-10-32(11-13-33)9-8-16-6-7-18(27)19(28)14-16/h3-7,14-15H,2,8-13H2,1H3,(H2,29,35). The van der Waals surface area contributed by atoms with Crippen LogP contribution in [0.1, 0.15) is 22.8 Å². The van der Waals surface area contributed by atoms with E-state index in [1.807, 2.05) is 0 Å². The minimum atomic E-state index is -0.850. The van der Waals surface area contributed by atoms with Gasteiger partial charge < -0.3 is 15.4 Å². The molecular weight excluding hydrogens is 482 g/mol. The van der Waals surface area contributed by atoms with E-state index >= 15 is 0 Å². The number of carbonyl (C=O) groups excluding carboxylic acids is 2. The molecule has 2 N–H and O–H groups in total. The van der Waals surface area contributed by atoms with E-state index in [2.05, 4.69) is 19.8 Å². The average molecular weight is 509 g/mol. The van der Waals surface area contributed by atoms with Crippen molar-refractivity contribution in [1.29, 1.82) is 0 Å². The van der Waals surface area contributed by atoms with Gasteiger partial charge in [-0.05, 0) is 43.2 Å². The molecule has 1 saturated heterocycles. The summed E-state index contributed by atoms with van der Waals surface area (Å²) in [5.41, 5.74) is 8.01. The van der Waals surface area contributed by atoms with Crippen LogP contribution >= 0.6 is 0 Å². The zero-order chi connectivity index (χ0) is 26.1. The summed E-state index contributed by atoms with van der Waals surface area (Å²) in [7, 11) is 0. The number of hydrogen-bond acceptors (Lipinski definition) is 7. The van der Waals surface area contributed by atoms with Gasteiger partial charge in [0.15, 0.2) is 17.5 Å². The lowest BCUT2D eigenvalue weighted by Crippen LogP contribution is -2.47. The third kappa shape index (κ3) is 4.57. The molecule has 3 heterocycles. The van der Waals surface area contributed by atoms with Crippen molar-refractivity contribution in [2.45, 2.75) is 13.3 Å². The van der Waals surface area contributed by atoms with Gasteiger partial charge in [-0.3, -0.25) is 9.69 Å². The van der Waals surface area contributed by atoms with Gasteiger partial charge in [0.05, 0.1) is 17.7 Å². The van der Waals surface area contributed by atoms with E-state index in [0.29, 0.717) is 66.9 Å². The normalized spacial score (nSPS) is 14.4. The molecular formula is C26H26F2N6O3. The smallest absolute Gasteiger partial charge is 0.419 e. The highest BCUT2D eigenvalue weighted by Crippen LogP contribution is 2.35. The Kier molecular flexibility index (Phi) is 6.70. The summed E-state index contributed by atoms with van der Waals surface area (Å²) in [6.07, 6.45) is 1.42. The Morgan fingerprint density at radius 3 is 2.54 bits per heavy atom. The number of aromatic nitrogens is 3. The third-order valence-corrected chi connectivity index (χ3v) is 6.64. The van der Waals surface area contributed by atoms with E-state index in [-0.39, 0.29) is 12.2 Å². The molecule has 1 amide bonds. The number of ether oxygens (including phenoxy) is 1. The van der Waals surface area contributed by atoms with Crippen LogP contribution in [0.15, 0.2) is 42.7 Å². The van der Waals surface area contributed by atoms with Crippen LogP contribution < -0.4 is 10.6 Å². The summed E-state index contributed by atoms with van der Waals surface area (Å²) < 4.78 is 33.5. The lowest BCUT2D eigenvalue weighted by atomic mass is 10.1. The first-order valence-electron chi connectivity index (χ1n) is 12.0. The minimum Gasteiger partial charge on any atom is -0.449 e. The number of anilines is 1. The van der Waals surface area contributed by atoms with Crippen LogP contribution in [0.5, 0.6) is 0 Å². The summed E-state index contributed by atoms with van der Waals surface area (Å²) in [5.74, 6) is -1.75. The number of amides is 1. The van der Waals surface area contributed by atoms with Gasteiger partial charge in [-0.1, -0.05) is 12.1 Å². The molecule has 37 heavy (non-hydrogen) atoms. The molecule has 2 aromatic heterocycles. The number of nitrogens with two attached hydrogens (primary N) is 1. The quantitative estimate of drug-likeness (QED) is 0.426. The van der Waals surface area contributed by atoms with Gasteiger partial charge in [-0.2, -0.15) is 0 Å². The highest BCUT2D eigenvalue weighted by molar-refractivity contribution is 6.20. The number of hydrogen-bond donors (Lipinski definition) is 1. The highest BCUT2D eigenvalue weighted by atomic mass is 19.2. The largest absolute Gasteiger partial charge is 0.449 e. The van der Waals surface area contributed by atoms with E-state index in [1.165, 1.54) is 17.0 Å². The molecule has 0 unspecified atom stereocenters. The first-order valence-corrected chi connectivity index (χ1v) is 12.0. The zero-order valence-corrected chi connectivity index (χ0v) is 20.3. The van der Waals surface area contributed by atoms with Crippen molar-refractivity contribution in [1.82, 2.24) is 19.4 Å². The predicted octanol–water partition coefficient (Wildman–Crippen LogP) is 3.33. The number of carbonyl (C=O) groups is 2. The van der Waals surface area contributed by atoms with Crippen molar-refractivity contribution in [3.8, 4) is 0 Å². The molecule has 9 nitrogen and oxygen atoms in total. The lowest BCUT2D eigenvalue weighted by Gasteiger charge is -2.35. The Balaban J connectivity index is 1.45. The van der Waals surface area contributed by atoms with Crippen LogP contribution in [0.25, 0.3) is 21.9 Å². The maximum absolute atomic E-state index is 13.5. The summed E-state index contributed by atoms with van der Waals surface area (Å²) in [5, 5.41) is 0.479. The van der Waals surface area contributed by atoms with Crippen LogP contribution in [0.3, 0.4) is 0 Å². The molecule has 0 aliphatic carbocycles. The third-order valence-electron chi connectivity index (χ3n) is 6.64. The van der Waals surface area contributed by atoms with E-state index in [9.17, 15) is 18.4 Å². The molecule has 0 atom stereocenters. The predicted molar refractivity (Wildman–Crippen MR) is 135 cm³/mol. The van der Waals surface area contributed by atoms with Gasteiger partial charge in [-0.15, -0.1) is 0 Å². The van der Waals surface area contributed by atoms with Gasteiger partial charge >= 0.3 is 6.09 Å². The van der Waals surface area contributed by atoms with Crippen LogP contribution in [0.4, 0.5) is 19.4 Å². The Morgan fingerprint density at radius 1 is 1.05 bits per heavy atom. The Labute approximate surface area is 211 Å². The summed E-state index contributed by atoms with van der Waals surface area (Å²) in [6.45, 7) is 5.26. The van der Waals surface area contributed by atoms with Crippen molar-refractivity contribution in [2.75, 3.05) is 44.2 Å². The number of benzene rings is 2. The highest BCUT2D eigenvalue weighted by Gasteiger charge is 2.28. The SMILES string of the molecule is CCOC(=O)n1c2cccc(C(N)=O)c2c2ncnc(N3CCN(CCc4ccc(F)c(F)c4)CC3)c21. The topological polar surface area (TPSA) is 107 Å². The molecule has 4 aromatic rings. The van der Waals surface area contributed by atoms with Gasteiger partial charge in [0, 0.05) is 38.1 Å². The van der Waals surface area contributed by atoms with E-state index in [0.717, 1.165) is 11.6 Å². The van der Waals surface area contributed by atoms with Crippen molar-refractivity contribution in [3.63, 3.8) is 0 Å². The molecule has 0 spiro atoms. The minimum absolute atomic E-state index is 0.176. The Bertz CT molecular complexity index is 1500. The number of nitrogens with zero attached hydrogens (tertiary/aromatic N) is 5. The van der Waals surface area contributed by atoms with Gasteiger partial charge in [0.2, 0.25) is 5.91 Å². The summed E-state index contributed by atoms with van der Waals surface area (Å²) in [6, 6.07) is 8.97. The first-order chi connectivity index (χ1) is 17.9. The maximum atomic E-state index is 13.5. The summed E-state index contributed by atoms with van der Waals surface area (Å²) in [4.78, 5) is 38.5. The van der Waals surface area contributed by atoms with Crippen LogP contribution in [0, 0.1) is 11.6 Å². The number of piperazine rings is 1. The molecule has 0 radical (unpaired) electrons. The summed E-state index contributed by atoms with van der Waals surface area (Å²) >= 11 is 0. The number of fused-ring (bicyclic) bond motifs is 3. The molecule has 2 aromatic carbocycles. The molecule has 0 bridgehead atoms. The van der Waals surface area contributed by atoms with Gasteiger partial charge in [0.1, 0.15) is 17.4 Å². The van der Waals surface area contributed by atoms with E-state index in [4.69, 9.17) is 10.5 Å². The lowest BCUT2D eigenvalue weighted by molar-refractivity contribution is 0.100. The second-order valence-electron chi connectivity index (χ2n) is 8.82. The van der Waals surface area contributed by atoms with Gasteiger partial charge in [0.25, 0.3) is 0 Å². The first kappa shape index (κ1) is 24.6. The Morgan fingerprint density at radius 2 is 1.84 bits per heavy atom. The Hall–Kier alpha value is -4.12. The second kappa shape index (κ2) is 10.1. The van der Waals surface area contributed by atoms with Crippen LogP contribution in [-0.4, -0.2) is 70.8 Å². The fourth-order valence-corrected chi connectivity index (χ4v) is 4.83. The average Bonchev–Trinajstić information content (AvgIpc) is 3.24. The van der Waals surface area contributed by atoms with E-state index in [1.54, 1.807) is 31.2 Å². The molecule has 1 aliphatic rings. The number of primary amides is 1. The molecule has 1 aliphatic heterocycles. The van der Waals surface area contributed by atoms with Crippen LogP contribution in [0.2, 0.25) is 0 Å². The molecule has 5 rings (SSSR count). The number of rotatable bonds is 6. The van der Waals surface area contributed by atoms with Crippen molar-refractivity contribution < 1.29 is 23.1 Å². The van der Waals surface area contributed by atoms with Gasteiger partial charge in [-0.25, -0.2) is 28.1 Å². The monoisotopic (exact) mass is 508 g/mol. The fourth-order valence-electron chi connectivity index (χ4n) is 4.83. The van der Waals surface area contributed by atoms with Crippen LogP contribution in [-0.2, 0) is 11.2 Å². The maximum Gasteiger partial charge on any atom is 0.419 e. The molecule has 0 saturated carbocycles. The second-order valence-corrected chi connectivity index (χ2v) is 8.82. The van der Waals surface area contributed by atoms with Crippen molar-refractivity contribution >= 4 is 39.8 Å².